The number of allylic oxidation sites excluding steroid dienone is 1. The molecular weight excluding hydrogens is 338 g/mol. The van der Waals surface area contributed by atoms with Crippen molar-refractivity contribution in [3.8, 4) is 0 Å². The smallest absolute Gasteiger partial charge is 0.302 e. The lowest BCUT2D eigenvalue weighted by Gasteiger charge is -2.58. The first-order valence-corrected chi connectivity index (χ1v) is 10.8. The van der Waals surface area contributed by atoms with Crippen LogP contribution in [0.3, 0.4) is 0 Å². The number of nitrogens with zero attached hydrogens (tertiary/aromatic N) is 1. The molecule has 0 heterocycles. The summed E-state index contributed by atoms with van der Waals surface area (Å²) >= 11 is 0. The van der Waals surface area contributed by atoms with Crippen LogP contribution in [0.25, 0.3) is 0 Å². The molecule has 0 saturated heterocycles. The molecule has 1 N–H and O–H groups in total. The number of carbonyl (C=O) groups is 1. The van der Waals surface area contributed by atoms with Gasteiger partial charge in [-0.15, -0.1) is 0 Å². The van der Waals surface area contributed by atoms with Crippen LogP contribution in [-0.4, -0.2) is 23.0 Å². The van der Waals surface area contributed by atoms with Crippen molar-refractivity contribution in [1.82, 2.24) is 0 Å². The van der Waals surface area contributed by atoms with Crippen LogP contribution in [0, 0.1) is 34.5 Å². The van der Waals surface area contributed by atoms with E-state index in [0.717, 1.165) is 42.7 Å². The number of hydrogen-bond acceptors (Lipinski definition) is 4. The zero-order valence-electron chi connectivity index (χ0n) is 17.3. The van der Waals surface area contributed by atoms with Gasteiger partial charge in [0.15, 0.2) is 0 Å². The molecule has 7 atom stereocenters. The van der Waals surface area contributed by atoms with Crippen molar-refractivity contribution in [2.45, 2.75) is 85.2 Å². The van der Waals surface area contributed by atoms with E-state index >= 15 is 0 Å². The molecule has 0 aromatic carbocycles. The number of hydrogen-bond donors (Lipinski definition) is 1. The van der Waals surface area contributed by atoms with Crippen LogP contribution in [0.5, 0.6) is 0 Å². The Bertz CT molecular complexity index is 683. The zero-order chi connectivity index (χ0) is 19.4. The standard InChI is InChI=1S/C23H35NO3/c1-14(24-26)19-7-8-20-18-6-5-16-13-17(27-15(2)25)9-11-22(16,3)21(18)10-12-23(19,20)4/h5,17-21,26H,6-13H2,1-4H3/b24-14-/t17-,18+,19-,20+,21+,22+,23-/m1/s1. The Morgan fingerprint density at radius 3 is 2.63 bits per heavy atom. The monoisotopic (exact) mass is 373 g/mol. The lowest BCUT2D eigenvalue weighted by molar-refractivity contribution is -0.148. The van der Waals surface area contributed by atoms with E-state index in [2.05, 4.69) is 25.1 Å². The first-order valence-electron chi connectivity index (χ1n) is 10.8. The first-order chi connectivity index (χ1) is 12.8. The molecule has 3 saturated carbocycles. The third-order valence-electron chi connectivity index (χ3n) is 9.05. The molecule has 3 fully saturated rings. The molecule has 0 radical (unpaired) electrons. The SMILES string of the molecule is CC(=O)O[C@@H]1CC[C@@]2(C)C(=CC[C@H]3[C@@H]4CC[C@H](/C(C)=N\O)[C@@]4(C)CC[C@@H]32)C1. The highest BCUT2D eigenvalue weighted by molar-refractivity contribution is 5.85. The summed E-state index contributed by atoms with van der Waals surface area (Å²) in [5, 5.41) is 12.9. The number of ether oxygens (including phenoxy) is 1. The average Bonchev–Trinajstić information content (AvgIpc) is 2.98. The Hall–Kier alpha value is -1.32. The minimum Gasteiger partial charge on any atom is -0.462 e. The summed E-state index contributed by atoms with van der Waals surface area (Å²) in [4.78, 5) is 11.4. The second-order valence-electron chi connectivity index (χ2n) is 10.1. The first kappa shape index (κ1) is 19.0. The summed E-state index contributed by atoms with van der Waals surface area (Å²) < 4.78 is 5.54. The number of esters is 1. The quantitative estimate of drug-likeness (QED) is 0.233. The van der Waals surface area contributed by atoms with Crippen LogP contribution < -0.4 is 0 Å². The molecule has 4 rings (SSSR count). The van der Waals surface area contributed by atoms with Crippen LogP contribution in [0.2, 0.25) is 0 Å². The summed E-state index contributed by atoms with van der Waals surface area (Å²) in [5.74, 6) is 2.52. The maximum absolute atomic E-state index is 11.4. The molecule has 0 amide bonds. The summed E-state index contributed by atoms with van der Waals surface area (Å²) in [5.41, 5.74) is 3.04. The van der Waals surface area contributed by atoms with E-state index in [1.165, 1.54) is 39.0 Å². The highest BCUT2D eigenvalue weighted by Crippen LogP contribution is 2.66. The molecule has 27 heavy (non-hydrogen) atoms. The van der Waals surface area contributed by atoms with Gasteiger partial charge in [0.05, 0.1) is 5.71 Å². The maximum Gasteiger partial charge on any atom is 0.302 e. The van der Waals surface area contributed by atoms with E-state index in [-0.39, 0.29) is 22.9 Å². The largest absolute Gasteiger partial charge is 0.462 e. The van der Waals surface area contributed by atoms with E-state index in [0.29, 0.717) is 5.92 Å². The molecule has 150 valence electrons. The number of rotatable bonds is 2. The highest BCUT2D eigenvalue weighted by atomic mass is 16.5. The predicted molar refractivity (Wildman–Crippen MR) is 106 cm³/mol. The van der Waals surface area contributed by atoms with Crippen LogP contribution in [-0.2, 0) is 9.53 Å². The van der Waals surface area contributed by atoms with Gasteiger partial charge in [-0.1, -0.05) is 30.7 Å². The third kappa shape index (κ3) is 2.86. The molecule has 4 aliphatic carbocycles. The van der Waals surface area contributed by atoms with Gasteiger partial charge in [0, 0.05) is 19.3 Å². The molecule has 4 heteroatoms. The lowest BCUT2D eigenvalue weighted by atomic mass is 9.47. The maximum atomic E-state index is 11.4. The van der Waals surface area contributed by atoms with E-state index < -0.39 is 0 Å². The van der Waals surface area contributed by atoms with E-state index in [1.54, 1.807) is 5.57 Å². The topological polar surface area (TPSA) is 58.9 Å². The molecule has 0 aliphatic heterocycles. The Balaban J connectivity index is 1.58. The van der Waals surface area contributed by atoms with E-state index in [9.17, 15) is 10.0 Å². The fraction of sp³-hybridized carbons (Fsp3) is 0.826. The summed E-state index contributed by atoms with van der Waals surface area (Å²) in [6.45, 7) is 8.46. The second kappa shape index (κ2) is 6.63. The van der Waals surface area contributed by atoms with Gasteiger partial charge < -0.3 is 9.94 Å². The zero-order valence-corrected chi connectivity index (χ0v) is 17.3. The van der Waals surface area contributed by atoms with Gasteiger partial charge in [-0.25, -0.2) is 0 Å². The molecule has 4 nitrogen and oxygen atoms in total. The fourth-order valence-electron chi connectivity index (χ4n) is 7.72. The van der Waals surface area contributed by atoms with Crippen LogP contribution in [0.15, 0.2) is 16.8 Å². The summed E-state index contributed by atoms with van der Waals surface area (Å²) in [7, 11) is 0. The second-order valence-corrected chi connectivity index (χ2v) is 10.1. The van der Waals surface area contributed by atoms with Crippen LogP contribution in [0.1, 0.15) is 79.1 Å². The van der Waals surface area contributed by atoms with Gasteiger partial charge in [0.2, 0.25) is 0 Å². The van der Waals surface area contributed by atoms with Crippen molar-refractivity contribution in [2.24, 2.45) is 39.7 Å². The Labute approximate surface area is 163 Å². The molecule has 0 spiro atoms. The minimum absolute atomic E-state index is 0.0755. The van der Waals surface area contributed by atoms with Crippen molar-refractivity contribution < 1.29 is 14.7 Å². The van der Waals surface area contributed by atoms with Gasteiger partial charge in [-0.3, -0.25) is 4.79 Å². The van der Waals surface area contributed by atoms with Crippen molar-refractivity contribution in [1.29, 1.82) is 0 Å². The van der Waals surface area contributed by atoms with Crippen molar-refractivity contribution in [3.63, 3.8) is 0 Å². The predicted octanol–water partition coefficient (Wildman–Crippen LogP) is 5.35. The molecule has 0 bridgehead atoms. The molecule has 0 aromatic heterocycles. The van der Waals surface area contributed by atoms with Crippen molar-refractivity contribution in [3.05, 3.63) is 11.6 Å². The number of carbonyl (C=O) groups excluding carboxylic acids is 1. The van der Waals surface area contributed by atoms with E-state index in [4.69, 9.17) is 4.74 Å². The normalized spacial score (nSPS) is 46.7. The minimum atomic E-state index is -0.149. The summed E-state index contributed by atoms with van der Waals surface area (Å²) in [6.07, 6.45) is 11.8. The van der Waals surface area contributed by atoms with Crippen LogP contribution >= 0.6 is 0 Å². The molecular formula is C23H35NO3. The van der Waals surface area contributed by atoms with Crippen LogP contribution in [0.4, 0.5) is 0 Å². The van der Waals surface area contributed by atoms with Gasteiger partial charge in [0.1, 0.15) is 6.10 Å². The molecule has 0 unspecified atom stereocenters. The Kier molecular flexibility index (Phi) is 4.67. The Morgan fingerprint density at radius 2 is 1.93 bits per heavy atom. The highest BCUT2D eigenvalue weighted by Gasteiger charge is 2.59. The third-order valence-corrected chi connectivity index (χ3v) is 9.05. The Morgan fingerprint density at radius 1 is 1.15 bits per heavy atom. The molecule has 0 aromatic rings. The lowest BCUT2D eigenvalue weighted by Crippen LogP contribution is -2.51. The number of oxime groups is 1. The van der Waals surface area contributed by atoms with Gasteiger partial charge in [-0.2, -0.15) is 0 Å². The van der Waals surface area contributed by atoms with Gasteiger partial charge >= 0.3 is 5.97 Å². The van der Waals surface area contributed by atoms with Crippen molar-refractivity contribution >= 4 is 11.7 Å². The van der Waals surface area contributed by atoms with Gasteiger partial charge in [0.25, 0.3) is 0 Å². The average molecular weight is 374 g/mol. The molecule has 4 aliphatic rings. The fourth-order valence-corrected chi connectivity index (χ4v) is 7.72. The van der Waals surface area contributed by atoms with Crippen molar-refractivity contribution in [2.75, 3.05) is 0 Å². The number of fused-ring (bicyclic) bond motifs is 5. The van der Waals surface area contributed by atoms with E-state index in [1.807, 2.05) is 6.92 Å². The van der Waals surface area contributed by atoms with Gasteiger partial charge in [-0.05, 0) is 80.5 Å². The summed E-state index contributed by atoms with van der Waals surface area (Å²) in [6, 6.07) is 0.